The van der Waals surface area contributed by atoms with E-state index in [9.17, 15) is 0 Å². The quantitative estimate of drug-likeness (QED) is 0.631. The molecule has 0 spiro atoms. The van der Waals surface area contributed by atoms with Gasteiger partial charge in [0, 0.05) is 5.92 Å². The van der Waals surface area contributed by atoms with Crippen LogP contribution in [0.2, 0.25) is 0 Å². The third-order valence-corrected chi connectivity index (χ3v) is 4.44. The van der Waals surface area contributed by atoms with Gasteiger partial charge in [-0.1, -0.05) is 78.9 Å². The third kappa shape index (κ3) is 4.22. The molecule has 2 nitrogen and oxygen atoms in total. The highest BCUT2D eigenvalue weighted by atomic mass is 16.5. The summed E-state index contributed by atoms with van der Waals surface area (Å²) >= 11 is 0. The van der Waals surface area contributed by atoms with Crippen molar-refractivity contribution >= 4 is 5.57 Å². The SMILES string of the molecule is CC=C(c1ccccc1)C(c1ccccc1)c1ccc(OCCO)cc1. The second-order valence-electron chi connectivity index (χ2n) is 6.09. The van der Waals surface area contributed by atoms with Gasteiger partial charge in [-0.05, 0) is 41.3 Å². The molecule has 0 heterocycles. The van der Waals surface area contributed by atoms with Gasteiger partial charge >= 0.3 is 0 Å². The fraction of sp³-hybridized carbons (Fsp3) is 0.167. The number of rotatable bonds is 7. The Kier molecular flexibility index (Phi) is 6.24. The second kappa shape index (κ2) is 9.02. The third-order valence-electron chi connectivity index (χ3n) is 4.44. The van der Waals surface area contributed by atoms with E-state index >= 15 is 0 Å². The summed E-state index contributed by atoms with van der Waals surface area (Å²) in [5.74, 6) is 0.923. The minimum Gasteiger partial charge on any atom is -0.491 e. The van der Waals surface area contributed by atoms with Crippen LogP contribution < -0.4 is 4.74 Å². The van der Waals surface area contributed by atoms with E-state index < -0.39 is 0 Å². The highest BCUT2D eigenvalue weighted by molar-refractivity contribution is 5.75. The number of hydrogen-bond donors (Lipinski definition) is 1. The maximum atomic E-state index is 8.92. The molecule has 3 rings (SSSR count). The molecule has 3 aromatic rings. The summed E-state index contributed by atoms with van der Waals surface area (Å²) in [6.45, 7) is 2.42. The monoisotopic (exact) mass is 344 g/mol. The highest BCUT2D eigenvalue weighted by Crippen LogP contribution is 2.38. The molecule has 0 bridgehead atoms. The zero-order chi connectivity index (χ0) is 18.2. The standard InChI is InChI=1S/C24H24O2/c1-2-23(19-9-5-3-6-10-19)24(20-11-7-4-8-12-20)21-13-15-22(16-14-21)26-18-17-25/h2-16,24-25H,17-18H2,1H3. The number of hydrogen-bond acceptors (Lipinski definition) is 2. The van der Waals surface area contributed by atoms with Gasteiger partial charge in [-0.2, -0.15) is 0 Å². The summed E-state index contributed by atoms with van der Waals surface area (Å²) in [5.41, 5.74) is 4.98. The van der Waals surface area contributed by atoms with Crippen molar-refractivity contribution in [2.24, 2.45) is 0 Å². The minimum absolute atomic E-state index is 0.0190. The Bertz CT molecular complexity index is 821. The Labute approximate surface area is 155 Å². The van der Waals surface area contributed by atoms with Gasteiger partial charge in [0.1, 0.15) is 12.4 Å². The van der Waals surface area contributed by atoms with Crippen molar-refractivity contribution in [3.05, 3.63) is 108 Å². The lowest BCUT2D eigenvalue weighted by atomic mass is 9.81. The molecule has 3 aromatic carbocycles. The van der Waals surface area contributed by atoms with Crippen LogP contribution in [0.25, 0.3) is 5.57 Å². The molecule has 1 N–H and O–H groups in total. The maximum Gasteiger partial charge on any atom is 0.119 e. The molecule has 0 amide bonds. The molecular weight excluding hydrogens is 320 g/mol. The number of aliphatic hydroxyl groups is 1. The van der Waals surface area contributed by atoms with Crippen LogP contribution in [0.3, 0.4) is 0 Å². The van der Waals surface area contributed by atoms with Crippen LogP contribution in [0.4, 0.5) is 0 Å². The molecule has 0 aromatic heterocycles. The van der Waals surface area contributed by atoms with Crippen LogP contribution >= 0.6 is 0 Å². The van der Waals surface area contributed by atoms with E-state index in [4.69, 9.17) is 9.84 Å². The van der Waals surface area contributed by atoms with Gasteiger partial charge in [-0.15, -0.1) is 0 Å². The summed E-state index contributed by atoms with van der Waals surface area (Å²) in [6, 6.07) is 29.2. The highest BCUT2D eigenvalue weighted by Gasteiger charge is 2.19. The van der Waals surface area contributed by atoms with E-state index in [-0.39, 0.29) is 12.5 Å². The van der Waals surface area contributed by atoms with Crippen molar-refractivity contribution in [1.82, 2.24) is 0 Å². The van der Waals surface area contributed by atoms with Gasteiger partial charge in [0.25, 0.3) is 0 Å². The summed E-state index contributed by atoms with van der Waals surface area (Å²) in [7, 11) is 0. The summed E-state index contributed by atoms with van der Waals surface area (Å²) in [5, 5.41) is 8.92. The molecule has 0 saturated carbocycles. The molecule has 0 saturated heterocycles. The topological polar surface area (TPSA) is 29.5 Å². The Morgan fingerprint density at radius 3 is 2.00 bits per heavy atom. The first-order valence-electron chi connectivity index (χ1n) is 8.93. The van der Waals surface area contributed by atoms with Crippen molar-refractivity contribution < 1.29 is 9.84 Å². The summed E-state index contributed by atoms with van der Waals surface area (Å²) in [6.07, 6.45) is 2.20. The number of allylic oxidation sites excluding steroid dienone is 2. The molecule has 1 atom stereocenters. The first-order valence-corrected chi connectivity index (χ1v) is 8.93. The Hall–Kier alpha value is -2.84. The zero-order valence-electron chi connectivity index (χ0n) is 15.0. The first kappa shape index (κ1) is 18.0. The molecule has 0 aliphatic rings. The van der Waals surface area contributed by atoms with E-state index in [1.807, 2.05) is 24.3 Å². The van der Waals surface area contributed by atoms with Gasteiger partial charge in [0.15, 0.2) is 0 Å². The fourth-order valence-electron chi connectivity index (χ4n) is 3.25. The molecule has 2 heteroatoms. The average Bonchev–Trinajstić information content (AvgIpc) is 2.72. The van der Waals surface area contributed by atoms with Gasteiger partial charge in [0.05, 0.1) is 6.61 Å². The van der Waals surface area contributed by atoms with Crippen LogP contribution in [0.5, 0.6) is 5.75 Å². The van der Waals surface area contributed by atoms with E-state index in [1.54, 1.807) is 0 Å². The Balaban J connectivity index is 2.02. The summed E-state index contributed by atoms with van der Waals surface area (Å²) in [4.78, 5) is 0. The van der Waals surface area contributed by atoms with Crippen LogP contribution in [-0.2, 0) is 0 Å². The van der Waals surface area contributed by atoms with Gasteiger partial charge in [-0.25, -0.2) is 0 Å². The minimum atomic E-state index is 0.0190. The van der Waals surface area contributed by atoms with Crippen molar-refractivity contribution in [3.8, 4) is 5.75 Å². The van der Waals surface area contributed by atoms with Crippen LogP contribution in [-0.4, -0.2) is 18.3 Å². The molecule has 0 fully saturated rings. The molecule has 1 unspecified atom stereocenters. The molecule has 132 valence electrons. The van der Waals surface area contributed by atoms with Crippen molar-refractivity contribution in [2.45, 2.75) is 12.8 Å². The number of ether oxygens (including phenoxy) is 1. The number of benzene rings is 3. The smallest absolute Gasteiger partial charge is 0.119 e. The van der Waals surface area contributed by atoms with E-state index in [0.29, 0.717) is 6.61 Å². The van der Waals surface area contributed by atoms with Crippen LogP contribution in [0.15, 0.2) is 91.0 Å². The fourth-order valence-corrected chi connectivity index (χ4v) is 3.25. The largest absolute Gasteiger partial charge is 0.491 e. The lowest BCUT2D eigenvalue weighted by Gasteiger charge is -2.22. The molecule has 0 aliphatic heterocycles. The normalized spacial score (nSPS) is 12.6. The van der Waals surface area contributed by atoms with Crippen LogP contribution in [0, 0.1) is 0 Å². The van der Waals surface area contributed by atoms with Crippen molar-refractivity contribution in [3.63, 3.8) is 0 Å². The van der Waals surface area contributed by atoms with E-state index in [2.05, 4.69) is 73.7 Å². The van der Waals surface area contributed by atoms with E-state index in [1.165, 1.54) is 22.3 Å². The predicted octanol–water partition coefficient (Wildman–Crippen LogP) is 5.29. The second-order valence-corrected chi connectivity index (χ2v) is 6.09. The molecule has 0 radical (unpaired) electrons. The molecular formula is C24H24O2. The Morgan fingerprint density at radius 2 is 1.42 bits per heavy atom. The number of aliphatic hydroxyl groups excluding tert-OH is 1. The lowest BCUT2D eigenvalue weighted by molar-refractivity contribution is 0.201. The van der Waals surface area contributed by atoms with Gasteiger partial charge in [-0.3, -0.25) is 0 Å². The molecule has 26 heavy (non-hydrogen) atoms. The summed E-state index contributed by atoms with van der Waals surface area (Å²) < 4.78 is 5.50. The Morgan fingerprint density at radius 1 is 0.846 bits per heavy atom. The predicted molar refractivity (Wildman–Crippen MR) is 107 cm³/mol. The average molecular weight is 344 g/mol. The first-order chi connectivity index (χ1) is 12.8. The van der Waals surface area contributed by atoms with Crippen molar-refractivity contribution in [2.75, 3.05) is 13.2 Å². The van der Waals surface area contributed by atoms with Crippen molar-refractivity contribution in [1.29, 1.82) is 0 Å². The van der Waals surface area contributed by atoms with E-state index in [0.717, 1.165) is 5.75 Å². The maximum absolute atomic E-state index is 8.92. The lowest BCUT2D eigenvalue weighted by Crippen LogP contribution is -2.05. The van der Waals surface area contributed by atoms with Crippen LogP contribution in [0.1, 0.15) is 29.5 Å². The van der Waals surface area contributed by atoms with Gasteiger partial charge < -0.3 is 9.84 Å². The van der Waals surface area contributed by atoms with Gasteiger partial charge in [0.2, 0.25) is 0 Å². The molecule has 0 aliphatic carbocycles. The zero-order valence-corrected chi connectivity index (χ0v) is 15.0.